The number of nitrogens with zero attached hydrogens (tertiary/aromatic N) is 1. The average molecular weight is 327 g/mol. The van der Waals surface area contributed by atoms with Crippen molar-refractivity contribution in [1.29, 1.82) is 0 Å². The zero-order valence-corrected chi connectivity index (χ0v) is 12.9. The summed E-state index contributed by atoms with van der Waals surface area (Å²) in [5.41, 5.74) is 7.51. The van der Waals surface area contributed by atoms with E-state index in [1.54, 1.807) is 18.4 Å². The highest BCUT2D eigenvalue weighted by molar-refractivity contribution is 9.10. The molecule has 2 N–H and O–H groups in total. The Labute approximate surface area is 119 Å². The Morgan fingerprint density at radius 3 is 2.67 bits per heavy atom. The molecule has 1 aromatic heterocycles. The van der Waals surface area contributed by atoms with E-state index in [-0.39, 0.29) is 0 Å². The number of ether oxygens (including phenoxy) is 1. The van der Waals surface area contributed by atoms with E-state index in [1.165, 1.54) is 0 Å². The zero-order chi connectivity index (χ0) is 13.3. The molecule has 0 radical (unpaired) electrons. The summed E-state index contributed by atoms with van der Waals surface area (Å²) in [6.07, 6.45) is 0. The molecule has 2 rings (SSSR count). The molecular weight excluding hydrogens is 312 g/mol. The Bertz CT molecular complexity index is 560. The van der Waals surface area contributed by atoms with Crippen molar-refractivity contribution in [3.05, 3.63) is 33.1 Å². The van der Waals surface area contributed by atoms with E-state index in [9.17, 15) is 0 Å². The summed E-state index contributed by atoms with van der Waals surface area (Å²) in [5, 5.41) is 2.92. The molecule has 0 bridgehead atoms. The number of benzene rings is 1. The summed E-state index contributed by atoms with van der Waals surface area (Å²) >= 11 is 5.03. The molecule has 2 aromatic rings. The second kappa shape index (κ2) is 4.99. The number of halogens is 1. The number of hydrogen-bond acceptors (Lipinski definition) is 4. The van der Waals surface area contributed by atoms with Gasteiger partial charge in [-0.2, -0.15) is 0 Å². The Morgan fingerprint density at radius 1 is 1.39 bits per heavy atom. The molecule has 3 nitrogen and oxygen atoms in total. The van der Waals surface area contributed by atoms with Crippen LogP contribution in [0.3, 0.4) is 0 Å². The molecule has 1 heterocycles. The van der Waals surface area contributed by atoms with Crippen LogP contribution in [0.4, 0.5) is 0 Å². The molecule has 96 valence electrons. The van der Waals surface area contributed by atoms with Crippen molar-refractivity contribution in [3.63, 3.8) is 0 Å². The predicted octanol–water partition coefficient (Wildman–Crippen LogP) is 3.78. The number of hydrogen-bond donors (Lipinski definition) is 1. The molecule has 18 heavy (non-hydrogen) atoms. The maximum atomic E-state index is 6.06. The van der Waals surface area contributed by atoms with Crippen LogP contribution in [0.25, 0.3) is 11.3 Å². The number of aromatic nitrogens is 1. The largest absolute Gasteiger partial charge is 0.496 e. The summed E-state index contributed by atoms with van der Waals surface area (Å²) in [6, 6.07) is 5.87. The zero-order valence-electron chi connectivity index (χ0n) is 10.5. The van der Waals surface area contributed by atoms with Gasteiger partial charge in [-0.25, -0.2) is 4.98 Å². The lowest BCUT2D eigenvalue weighted by Crippen LogP contribution is -2.28. The van der Waals surface area contributed by atoms with Gasteiger partial charge in [0.2, 0.25) is 0 Å². The third kappa shape index (κ3) is 2.74. The highest BCUT2D eigenvalue weighted by atomic mass is 79.9. The maximum Gasteiger partial charge on any atom is 0.128 e. The summed E-state index contributed by atoms with van der Waals surface area (Å²) in [4.78, 5) is 4.59. The average Bonchev–Trinajstić information content (AvgIpc) is 2.77. The molecule has 0 aliphatic rings. The maximum absolute atomic E-state index is 6.06. The number of nitrogens with two attached hydrogens (primary N) is 1. The van der Waals surface area contributed by atoms with Gasteiger partial charge in [0.15, 0.2) is 0 Å². The first-order chi connectivity index (χ1) is 8.41. The van der Waals surface area contributed by atoms with Gasteiger partial charge in [-0.3, -0.25) is 0 Å². The molecule has 0 fully saturated rings. The Balaban J connectivity index is 2.49. The van der Waals surface area contributed by atoms with E-state index in [0.717, 1.165) is 26.5 Å². The van der Waals surface area contributed by atoms with Crippen molar-refractivity contribution in [2.45, 2.75) is 19.4 Å². The van der Waals surface area contributed by atoms with Crippen LogP contribution < -0.4 is 10.5 Å². The fraction of sp³-hybridized carbons (Fsp3) is 0.308. The van der Waals surface area contributed by atoms with Crippen LogP contribution >= 0.6 is 27.3 Å². The topological polar surface area (TPSA) is 48.1 Å². The van der Waals surface area contributed by atoms with Gasteiger partial charge in [-0.1, -0.05) is 15.9 Å². The van der Waals surface area contributed by atoms with Crippen molar-refractivity contribution in [1.82, 2.24) is 4.98 Å². The van der Waals surface area contributed by atoms with Crippen molar-refractivity contribution < 1.29 is 4.74 Å². The summed E-state index contributed by atoms with van der Waals surface area (Å²) in [6.45, 7) is 3.90. The lowest BCUT2D eigenvalue weighted by molar-refractivity contribution is 0.416. The number of thiazole rings is 1. The van der Waals surface area contributed by atoms with Gasteiger partial charge >= 0.3 is 0 Å². The van der Waals surface area contributed by atoms with Gasteiger partial charge in [-0.15, -0.1) is 11.3 Å². The SMILES string of the molecule is COc1ccc(Br)cc1-c1csc(C(C)(C)N)n1. The molecule has 5 heteroatoms. The molecule has 0 unspecified atom stereocenters. The fourth-order valence-electron chi connectivity index (χ4n) is 1.57. The predicted molar refractivity (Wildman–Crippen MR) is 79.0 cm³/mol. The molecule has 0 aliphatic heterocycles. The van der Waals surface area contributed by atoms with Gasteiger partial charge in [-0.05, 0) is 32.0 Å². The van der Waals surface area contributed by atoms with Crippen LogP contribution in [-0.2, 0) is 5.54 Å². The van der Waals surface area contributed by atoms with Crippen molar-refractivity contribution >= 4 is 27.3 Å². The smallest absolute Gasteiger partial charge is 0.128 e. The van der Waals surface area contributed by atoms with Crippen LogP contribution in [0, 0.1) is 0 Å². The van der Waals surface area contributed by atoms with E-state index in [4.69, 9.17) is 10.5 Å². The lowest BCUT2D eigenvalue weighted by atomic mass is 10.1. The van der Waals surface area contributed by atoms with Crippen LogP contribution in [0.5, 0.6) is 5.75 Å². The first-order valence-electron chi connectivity index (χ1n) is 5.50. The standard InChI is InChI=1S/C13H15BrN2OS/c1-13(2,15)12-16-10(7-18-12)9-6-8(14)4-5-11(9)17-3/h4-7H,15H2,1-3H3. The lowest BCUT2D eigenvalue weighted by Gasteiger charge is -2.14. The third-order valence-electron chi connectivity index (χ3n) is 2.49. The fourth-order valence-corrected chi connectivity index (χ4v) is 2.79. The van der Waals surface area contributed by atoms with E-state index in [1.807, 2.05) is 37.4 Å². The van der Waals surface area contributed by atoms with Crippen molar-refractivity contribution in [3.8, 4) is 17.0 Å². The van der Waals surface area contributed by atoms with Gasteiger partial charge in [0.25, 0.3) is 0 Å². The molecule has 0 saturated carbocycles. The minimum atomic E-state index is -0.415. The molecule has 0 saturated heterocycles. The van der Waals surface area contributed by atoms with Crippen LogP contribution in [0.15, 0.2) is 28.1 Å². The van der Waals surface area contributed by atoms with Gasteiger partial charge in [0.05, 0.1) is 18.3 Å². The third-order valence-corrected chi connectivity index (χ3v) is 4.17. The quantitative estimate of drug-likeness (QED) is 0.933. The Hall–Kier alpha value is -0.910. The highest BCUT2D eigenvalue weighted by Crippen LogP contribution is 2.34. The Kier molecular flexibility index (Phi) is 3.75. The van der Waals surface area contributed by atoms with E-state index >= 15 is 0 Å². The molecule has 1 aromatic carbocycles. The van der Waals surface area contributed by atoms with E-state index in [2.05, 4.69) is 20.9 Å². The molecule has 0 aliphatic carbocycles. The summed E-state index contributed by atoms with van der Waals surface area (Å²) < 4.78 is 6.36. The van der Waals surface area contributed by atoms with Crippen molar-refractivity contribution in [2.75, 3.05) is 7.11 Å². The first kappa shape index (κ1) is 13.5. The van der Waals surface area contributed by atoms with Gasteiger partial charge in [0.1, 0.15) is 10.8 Å². The minimum absolute atomic E-state index is 0.415. The van der Waals surface area contributed by atoms with Gasteiger partial charge < -0.3 is 10.5 Å². The van der Waals surface area contributed by atoms with E-state index in [0.29, 0.717) is 0 Å². The minimum Gasteiger partial charge on any atom is -0.496 e. The second-order valence-corrected chi connectivity index (χ2v) is 6.38. The first-order valence-corrected chi connectivity index (χ1v) is 7.18. The molecule has 0 atom stereocenters. The number of methoxy groups -OCH3 is 1. The molecular formula is C13H15BrN2OS. The van der Waals surface area contributed by atoms with Crippen LogP contribution in [0.2, 0.25) is 0 Å². The monoisotopic (exact) mass is 326 g/mol. The highest BCUT2D eigenvalue weighted by Gasteiger charge is 2.20. The van der Waals surface area contributed by atoms with Crippen LogP contribution in [0.1, 0.15) is 18.9 Å². The van der Waals surface area contributed by atoms with Gasteiger partial charge in [0, 0.05) is 15.4 Å². The normalized spacial score (nSPS) is 11.6. The Morgan fingerprint density at radius 2 is 2.11 bits per heavy atom. The molecule has 0 spiro atoms. The molecule has 0 amide bonds. The van der Waals surface area contributed by atoms with Crippen LogP contribution in [-0.4, -0.2) is 12.1 Å². The number of rotatable bonds is 3. The van der Waals surface area contributed by atoms with E-state index < -0.39 is 5.54 Å². The second-order valence-electron chi connectivity index (χ2n) is 4.60. The summed E-state index contributed by atoms with van der Waals surface area (Å²) in [5.74, 6) is 0.810. The van der Waals surface area contributed by atoms with Crippen molar-refractivity contribution in [2.24, 2.45) is 5.73 Å². The summed E-state index contributed by atoms with van der Waals surface area (Å²) in [7, 11) is 1.66.